The van der Waals surface area contributed by atoms with E-state index in [0.717, 1.165) is 51.0 Å². The van der Waals surface area contributed by atoms with E-state index in [0.29, 0.717) is 5.75 Å². The predicted octanol–water partition coefficient (Wildman–Crippen LogP) is 13.1. The molecule has 2 unspecified atom stereocenters. The fraction of sp³-hybridized carbons (Fsp3) is 0.106. The summed E-state index contributed by atoms with van der Waals surface area (Å²) in [6.07, 6.45) is 26.9. The highest BCUT2D eigenvalue weighted by Crippen LogP contribution is 2.55. The zero-order chi connectivity index (χ0) is 35.5. The highest BCUT2D eigenvalue weighted by atomic mass is 19.1. The predicted molar refractivity (Wildman–Crippen MR) is 209 cm³/mol. The second-order valence-corrected chi connectivity index (χ2v) is 12.2. The second kappa shape index (κ2) is 16.5. The van der Waals surface area contributed by atoms with Crippen molar-refractivity contribution >= 4 is 12.2 Å². The molecule has 0 radical (unpaired) electrons. The maximum atomic E-state index is 14.2. The molecule has 2 atom stereocenters. The summed E-state index contributed by atoms with van der Waals surface area (Å²) in [5.41, 5.74) is 8.72. The van der Waals surface area contributed by atoms with E-state index in [9.17, 15) is 8.78 Å². The molecule has 2 aliphatic rings. The lowest BCUT2D eigenvalue weighted by Crippen LogP contribution is -2.43. The van der Waals surface area contributed by atoms with Gasteiger partial charge in [0.2, 0.25) is 0 Å². The Hall–Kier alpha value is -5.80. The lowest BCUT2D eigenvalue weighted by molar-refractivity contribution is 0.119. The molecular weight excluding hydrogens is 619 g/mol. The molecule has 3 aromatic carbocycles. The first-order valence-corrected chi connectivity index (χ1v) is 16.7. The maximum absolute atomic E-state index is 14.2. The minimum Gasteiger partial charge on any atom is -0.477 e. The van der Waals surface area contributed by atoms with Crippen LogP contribution < -0.4 is 4.74 Å². The lowest BCUT2D eigenvalue weighted by atomic mass is 9.77. The molecule has 1 nitrogen and oxygen atoms in total. The highest BCUT2D eigenvalue weighted by molar-refractivity contribution is 5.79. The number of ether oxygens (including phenoxy) is 1. The molecule has 250 valence electrons. The minimum absolute atomic E-state index is 0.241. The average Bonchev–Trinajstić information content (AvgIpc) is 3.70. The van der Waals surface area contributed by atoms with Gasteiger partial charge in [-0.25, -0.2) is 8.78 Å². The average molecular weight is 661 g/mol. The van der Waals surface area contributed by atoms with Crippen LogP contribution in [0.1, 0.15) is 30.0 Å². The van der Waals surface area contributed by atoms with Gasteiger partial charge in [0.05, 0.1) is 0 Å². The Morgan fingerprint density at radius 1 is 0.800 bits per heavy atom. The number of allylic oxidation sites excluding steroid dienone is 14. The zero-order valence-corrected chi connectivity index (χ0v) is 28.7. The Labute approximate surface area is 295 Å². The molecule has 0 amide bonds. The lowest BCUT2D eigenvalue weighted by Gasteiger charge is -2.38. The van der Waals surface area contributed by atoms with E-state index in [1.165, 1.54) is 35.9 Å². The third kappa shape index (κ3) is 8.07. The topological polar surface area (TPSA) is 9.23 Å². The Morgan fingerprint density at radius 2 is 1.48 bits per heavy atom. The van der Waals surface area contributed by atoms with Gasteiger partial charge in [-0.1, -0.05) is 154 Å². The van der Waals surface area contributed by atoms with E-state index < -0.39 is 11.4 Å². The van der Waals surface area contributed by atoms with Gasteiger partial charge in [0.25, 0.3) is 0 Å². The van der Waals surface area contributed by atoms with Gasteiger partial charge in [-0.15, -0.1) is 0 Å². The van der Waals surface area contributed by atoms with Gasteiger partial charge in [0.15, 0.2) is 5.60 Å². The van der Waals surface area contributed by atoms with Crippen LogP contribution in [0.2, 0.25) is 0 Å². The fourth-order valence-corrected chi connectivity index (χ4v) is 6.28. The van der Waals surface area contributed by atoms with E-state index in [1.54, 1.807) is 24.3 Å². The van der Waals surface area contributed by atoms with Gasteiger partial charge in [-0.3, -0.25) is 0 Å². The molecule has 5 rings (SSSR count). The third-order valence-corrected chi connectivity index (χ3v) is 8.86. The molecule has 0 spiro atoms. The molecule has 3 heteroatoms. The molecular formula is C47H42F2O. The number of rotatable bonds is 13. The first-order valence-electron chi connectivity index (χ1n) is 16.7. The van der Waals surface area contributed by atoms with Crippen LogP contribution in [-0.2, 0) is 0 Å². The van der Waals surface area contributed by atoms with Crippen LogP contribution in [0.25, 0.3) is 23.3 Å². The van der Waals surface area contributed by atoms with Crippen molar-refractivity contribution in [1.29, 1.82) is 0 Å². The number of aryl methyl sites for hydroxylation is 1. The first-order chi connectivity index (χ1) is 24.3. The summed E-state index contributed by atoms with van der Waals surface area (Å²) in [4.78, 5) is 0. The summed E-state index contributed by atoms with van der Waals surface area (Å²) in [6.45, 7) is 15.2. The minimum atomic E-state index is -0.961. The van der Waals surface area contributed by atoms with E-state index in [2.05, 4.69) is 106 Å². The van der Waals surface area contributed by atoms with Crippen molar-refractivity contribution in [2.45, 2.75) is 25.9 Å². The van der Waals surface area contributed by atoms with Gasteiger partial charge in [0, 0.05) is 17.1 Å². The molecule has 2 aliphatic carbocycles. The standard InChI is InChI=1S/C47H42F2O/c1-6-14-41(49)16-10-9-11-18-44-43-19-13-20-45(43)47(35(5)15-12-17-40(48)8-3,50-42-31-25-36(7-2)26-32-42)46(44)33-37-23-29-39(30-24-37)38-27-21-34(4)22-28-38/h6-18,20-33,35H,1-3,19H2,4-5H3/b11-9+,15-12+,16-10-,40-17+,41-14+,44-18-,46-33+. The largest absolute Gasteiger partial charge is 0.477 e. The summed E-state index contributed by atoms with van der Waals surface area (Å²) in [6, 6.07) is 24.9. The Morgan fingerprint density at radius 3 is 2.14 bits per heavy atom. The third-order valence-electron chi connectivity index (χ3n) is 8.86. The van der Waals surface area contributed by atoms with Gasteiger partial charge in [0.1, 0.15) is 17.4 Å². The number of halogens is 2. The molecule has 0 fully saturated rings. The van der Waals surface area contributed by atoms with Crippen LogP contribution >= 0.6 is 0 Å². The first kappa shape index (κ1) is 35.5. The molecule has 3 aromatic rings. The van der Waals surface area contributed by atoms with Gasteiger partial charge < -0.3 is 4.74 Å². The molecule has 0 aliphatic heterocycles. The van der Waals surface area contributed by atoms with Crippen molar-refractivity contribution in [3.8, 4) is 16.9 Å². The number of benzene rings is 3. The summed E-state index contributed by atoms with van der Waals surface area (Å²) in [5.74, 6) is -0.344. The summed E-state index contributed by atoms with van der Waals surface area (Å²) in [5, 5.41) is 0. The van der Waals surface area contributed by atoms with Crippen LogP contribution in [0, 0.1) is 12.8 Å². The second-order valence-electron chi connectivity index (χ2n) is 12.2. The normalized spacial score (nSPS) is 20.1. The molecule has 0 saturated carbocycles. The number of hydrogen-bond acceptors (Lipinski definition) is 1. The van der Waals surface area contributed by atoms with Gasteiger partial charge in [-0.05, 0) is 89.3 Å². The Bertz CT molecular complexity index is 2000. The number of hydrogen-bond donors (Lipinski definition) is 0. The Balaban J connectivity index is 1.69. The van der Waals surface area contributed by atoms with Crippen molar-refractivity contribution in [3.05, 3.63) is 222 Å². The van der Waals surface area contributed by atoms with Gasteiger partial charge in [-0.2, -0.15) is 0 Å². The molecule has 0 bridgehead atoms. The van der Waals surface area contributed by atoms with Crippen LogP contribution in [0.5, 0.6) is 5.75 Å². The molecule has 0 saturated heterocycles. The van der Waals surface area contributed by atoms with Gasteiger partial charge >= 0.3 is 0 Å². The molecule has 0 aromatic heterocycles. The van der Waals surface area contributed by atoms with Crippen molar-refractivity contribution in [3.63, 3.8) is 0 Å². The smallest absolute Gasteiger partial charge is 0.166 e. The van der Waals surface area contributed by atoms with Crippen molar-refractivity contribution in [1.82, 2.24) is 0 Å². The van der Waals surface area contributed by atoms with E-state index in [4.69, 9.17) is 4.74 Å². The summed E-state index contributed by atoms with van der Waals surface area (Å²) in [7, 11) is 0. The molecule has 0 heterocycles. The zero-order valence-electron chi connectivity index (χ0n) is 28.7. The van der Waals surface area contributed by atoms with Crippen LogP contribution in [0.15, 0.2) is 205 Å². The Kier molecular flexibility index (Phi) is 11.7. The quantitative estimate of drug-likeness (QED) is 0.166. The monoisotopic (exact) mass is 660 g/mol. The fourth-order valence-electron chi connectivity index (χ4n) is 6.28. The van der Waals surface area contributed by atoms with Crippen molar-refractivity contribution in [2.24, 2.45) is 5.92 Å². The van der Waals surface area contributed by atoms with E-state index in [-0.39, 0.29) is 11.7 Å². The molecule has 0 N–H and O–H groups in total. The highest BCUT2D eigenvalue weighted by Gasteiger charge is 2.52. The van der Waals surface area contributed by atoms with Crippen LogP contribution in [-0.4, -0.2) is 5.60 Å². The van der Waals surface area contributed by atoms with Crippen LogP contribution in [0.4, 0.5) is 8.78 Å². The SMILES string of the molecule is C=C\C=C(F)/C=C\C=C\C=C1\C2=C(C=CC2)C(Oc2ccc(C=C)cc2)(C(C)/C=C/C=C(/F)C=C)\C1=C\c1ccc(-c2ccc(C)cc2)cc1. The maximum Gasteiger partial charge on any atom is 0.166 e. The van der Waals surface area contributed by atoms with E-state index in [1.807, 2.05) is 36.4 Å². The van der Waals surface area contributed by atoms with Crippen molar-refractivity contribution < 1.29 is 13.5 Å². The van der Waals surface area contributed by atoms with Crippen LogP contribution in [0.3, 0.4) is 0 Å². The van der Waals surface area contributed by atoms with E-state index >= 15 is 0 Å². The molecule has 50 heavy (non-hydrogen) atoms. The van der Waals surface area contributed by atoms with Crippen molar-refractivity contribution in [2.75, 3.05) is 0 Å². The summed E-state index contributed by atoms with van der Waals surface area (Å²) < 4.78 is 35.3. The summed E-state index contributed by atoms with van der Waals surface area (Å²) >= 11 is 0.